The van der Waals surface area contributed by atoms with E-state index < -0.39 is 5.72 Å². The van der Waals surface area contributed by atoms with E-state index in [9.17, 15) is 5.11 Å². The van der Waals surface area contributed by atoms with E-state index in [2.05, 4.69) is 5.32 Å². The summed E-state index contributed by atoms with van der Waals surface area (Å²) in [6.07, 6.45) is 5.87. The summed E-state index contributed by atoms with van der Waals surface area (Å²) in [5.74, 6) is 0.557. The van der Waals surface area contributed by atoms with Crippen LogP contribution in [0.5, 0.6) is 0 Å². The van der Waals surface area contributed by atoms with E-state index in [0.717, 1.165) is 13.0 Å². The number of aliphatic hydroxyl groups is 1. The Labute approximate surface area is 61.6 Å². The maximum absolute atomic E-state index is 9.90. The summed E-state index contributed by atoms with van der Waals surface area (Å²) in [4.78, 5) is 0. The SMILES string of the molecule is OC12CCCC1CCCN2. The number of rotatable bonds is 0. The average Bonchev–Trinajstić information content (AvgIpc) is 2.29. The van der Waals surface area contributed by atoms with Gasteiger partial charge in [-0.15, -0.1) is 0 Å². The topological polar surface area (TPSA) is 32.3 Å². The van der Waals surface area contributed by atoms with Gasteiger partial charge in [0.2, 0.25) is 0 Å². The van der Waals surface area contributed by atoms with Gasteiger partial charge in [0.15, 0.2) is 0 Å². The summed E-state index contributed by atoms with van der Waals surface area (Å²) < 4.78 is 0. The van der Waals surface area contributed by atoms with Gasteiger partial charge in [0.1, 0.15) is 5.72 Å². The van der Waals surface area contributed by atoms with Crippen molar-refractivity contribution in [3.05, 3.63) is 0 Å². The molecule has 1 saturated carbocycles. The first-order chi connectivity index (χ1) is 4.81. The van der Waals surface area contributed by atoms with Crippen molar-refractivity contribution in [2.75, 3.05) is 6.54 Å². The van der Waals surface area contributed by atoms with Crippen molar-refractivity contribution in [3.8, 4) is 0 Å². The second-order valence-corrected chi connectivity index (χ2v) is 3.58. The van der Waals surface area contributed by atoms with Crippen molar-refractivity contribution in [1.82, 2.24) is 5.32 Å². The van der Waals surface area contributed by atoms with E-state index in [4.69, 9.17) is 0 Å². The minimum absolute atomic E-state index is 0.460. The third kappa shape index (κ3) is 0.867. The molecule has 2 atom stereocenters. The van der Waals surface area contributed by atoms with Gasteiger partial charge in [-0.2, -0.15) is 0 Å². The maximum Gasteiger partial charge on any atom is 0.118 e. The van der Waals surface area contributed by atoms with Crippen LogP contribution in [0.3, 0.4) is 0 Å². The molecule has 0 spiro atoms. The fourth-order valence-electron chi connectivity index (χ4n) is 2.33. The van der Waals surface area contributed by atoms with Crippen LogP contribution in [0.4, 0.5) is 0 Å². The molecule has 1 heterocycles. The Morgan fingerprint density at radius 2 is 2.10 bits per heavy atom. The number of piperidine rings is 1. The molecule has 2 fully saturated rings. The Hall–Kier alpha value is -0.0800. The standard InChI is InChI=1S/C8H15NO/c10-8-5-1-3-7(8)4-2-6-9-8/h7,9-10H,1-6H2. The number of hydrogen-bond donors (Lipinski definition) is 2. The predicted octanol–water partition coefficient (Wildman–Crippen LogP) is 0.859. The second kappa shape index (κ2) is 2.21. The van der Waals surface area contributed by atoms with Crippen molar-refractivity contribution in [2.45, 2.75) is 37.8 Å². The lowest BCUT2D eigenvalue weighted by molar-refractivity contribution is -0.0483. The molecule has 0 bridgehead atoms. The summed E-state index contributed by atoms with van der Waals surface area (Å²) in [6.45, 7) is 1.01. The Balaban J connectivity index is 2.10. The van der Waals surface area contributed by atoms with Crippen molar-refractivity contribution in [3.63, 3.8) is 0 Å². The minimum Gasteiger partial charge on any atom is -0.376 e. The fourth-order valence-corrected chi connectivity index (χ4v) is 2.33. The molecule has 0 aromatic carbocycles. The quantitative estimate of drug-likeness (QED) is 0.524. The van der Waals surface area contributed by atoms with E-state index in [1.807, 2.05) is 0 Å². The molecule has 0 amide bonds. The van der Waals surface area contributed by atoms with Crippen molar-refractivity contribution >= 4 is 0 Å². The van der Waals surface area contributed by atoms with Crippen molar-refractivity contribution in [1.29, 1.82) is 0 Å². The molecule has 58 valence electrons. The first-order valence-electron chi connectivity index (χ1n) is 4.29. The Morgan fingerprint density at radius 1 is 1.30 bits per heavy atom. The highest BCUT2D eigenvalue weighted by molar-refractivity contribution is 4.92. The molecule has 2 rings (SSSR count). The number of nitrogens with one attached hydrogen (secondary N) is 1. The summed E-state index contributed by atoms with van der Waals surface area (Å²) in [7, 11) is 0. The molecule has 2 unspecified atom stereocenters. The number of hydrogen-bond acceptors (Lipinski definition) is 2. The van der Waals surface area contributed by atoms with E-state index >= 15 is 0 Å². The average molecular weight is 141 g/mol. The molecule has 0 radical (unpaired) electrons. The van der Waals surface area contributed by atoms with E-state index in [0.29, 0.717) is 5.92 Å². The molecule has 1 aliphatic heterocycles. The van der Waals surface area contributed by atoms with Gasteiger partial charge >= 0.3 is 0 Å². The van der Waals surface area contributed by atoms with Gasteiger partial charge in [-0.25, -0.2) is 0 Å². The van der Waals surface area contributed by atoms with Crippen LogP contribution in [0, 0.1) is 5.92 Å². The Morgan fingerprint density at radius 3 is 2.90 bits per heavy atom. The molecule has 2 nitrogen and oxygen atoms in total. The van der Waals surface area contributed by atoms with Crippen molar-refractivity contribution in [2.24, 2.45) is 5.92 Å². The summed E-state index contributed by atoms with van der Waals surface area (Å²) in [5.41, 5.74) is -0.460. The summed E-state index contributed by atoms with van der Waals surface area (Å²) in [6, 6.07) is 0. The molecule has 2 aliphatic rings. The van der Waals surface area contributed by atoms with Gasteiger partial charge in [0.05, 0.1) is 0 Å². The van der Waals surface area contributed by atoms with E-state index in [1.165, 1.54) is 25.7 Å². The van der Waals surface area contributed by atoms with Gasteiger partial charge < -0.3 is 5.11 Å². The molecular formula is C8H15NO. The third-order valence-electron chi connectivity index (χ3n) is 2.95. The van der Waals surface area contributed by atoms with Gasteiger partial charge in [0.25, 0.3) is 0 Å². The molecule has 0 aromatic heterocycles. The summed E-state index contributed by atoms with van der Waals surface area (Å²) in [5, 5.41) is 13.1. The predicted molar refractivity (Wildman–Crippen MR) is 39.5 cm³/mol. The van der Waals surface area contributed by atoms with Gasteiger partial charge in [-0.05, 0) is 38.6 Å². The Bertz CT molecular complexity index is 137. The monoisotopic (exact) mass is 141 g/mol. The molecule has 1 saturated heterocycles. The van der Waals surface area contributed by atoms with Crippen molar-refractivity contribution < 1.29 is 5.11 Å². The highest BCUT2D eigenvalue weighted by Crippen LogP contribution is 2.38. The van der Waals surface area contributed by atoms with Crippen LogP contribution in [0.2, 0.25) is 0 Å². The molecule has 1 aliphatic carbocycles. The van der Waals surface area contributed by atoms with E-state index in [1.54, 1.807) is 0 Å². The molecule has 2 N–H and O–H groups in total. The molecular weight excluding hydrogens is 126 g/mol. The maximum atomic E-state index is 9.90. The molecule has 2 heteroatoms. The lowest BCUT2D eigenvalue weighted by Gasteiger charge is -2.35. The van der Waals surface area contributed by atoms with Crippen LogP contribution in [-0.4, -0.2) is 17.4 Å². The van der Waals surface area contributed by atoms with Crippen LogP contribution in [0.15, 0.2) is 0 Å². The van der Waals surface area contributed by atoms with Gasteiger partial charge in [0, 0.05) is 5.92 Å². The van der Waals surface area contributed by atoms with Crippen LogP contribution in [0.1, 0.15) is 32.1 Å². The number of fused-ring (bicyclic) bond motifs is 1. The highest BCUT2D eigenvalue weighted by Gasteiger charge is 2.41. The second-order valence-electron chi connectivity index (χ2n) is 3.58. The first-order valence-corrected chi connectivity index (χ1v) is 4.29. The lowest BCUT2D eigenvalue weighted by Crippen LogP contribution is -2.51. The zero-order valence-electron chi connectivity index (χ0n) is 6.27. The third-order valence-corrected chi connectivity index (χ3v) is 2.95. The van der Waals surface area contributed by atoms with E-state index in [-0.39, 0.29) is 0 Å². The smallest absolute Gasteiger partial charge is 0.118 e. The van der Waals surface area contributed by atoms with Gasteiger partial charge in [-0.3, -0.25) is 5.32 Å². The molecule has 0 aromatic rings. The summed E-state index contributed by atoms with van der Waals surface area (Å²) >= 11 is 0. The lowest BCUT2D eigenvalue weighted by atomic mass is 9.91. The van der Waals surface area contributed by atoms with Crippen LogP contribution in [0.25, 0.3) is 0 Å². The van der Waals surface area contributed by atoms with Crippen LogP contribution >= 0.6 is 0 Å². The largest absolute Gasteiger partial charge is 0.376 e. The normalized spacial score (nSPS) is 47.1. The highest BCUT2D eigenvalue weighted by atomic mass is 16.3. The Kier molecular flexibility index (Phi) is 1.46. The van der Waals surface area contributed by atoms with Crippen LogP contribution < -0.4 is 5.32 Å². The zero-order chi connectivity index (χ0) is 7.03. The van der Waals surface area contributed by atoms with Crippen LogP contribution in [-0.2, 0) is 0 Å². The first kappa shape index (κ1) is 6.62. The molecule has 10 heavy (non-hydrogen) atoms. The fraction of sp³-hybridized carbons (Fsp3) is 1.00. The zero-order valence-corrected chi connectivity index (χ0v) is 6.27. The van der Waals surface area contributed by atoms with Gasteiger partial charge in [-0.1, -0.05) is 0 Å². The minimum atomic E-state index is -0.460.